The Bertz CT molecular complexity index is 475. The van der Waals surface area contributed by atoms with Crippen molar-refractivity contribution in [1.82, 2.24) is 15.4 Å². The Hall–Kier alpha value is -1.85. The van der Waals surface area contributed by atoms with Gasteiger partial charge in [-0.15, -0.1) is 0 Å². The van der Waals surface area contributed by atoms with Gasteiger partial charge in [0.05, 0.1) is 12.2 Å². The van der Waals surface area contributed by atoms with Crippen LogP contribution in [0, 0.1) is 13.8 Å². The highest BCUT2D eigenvalue weighted by Crippen LogP contribution is 2.14. The summed E-state index contributed by atoms with van der Waals surface area (Å²) in [4.78, 5) is 25.5. The van der Waals surface area contributed by atoms with E-state index in [1.165, 1.54) is 0 Å². The number of aryl methyl sites for hydroxylation is 2. The molecule has 6 nitrogen and oxygen atoms in total. The normalized spacial score (nSPS) is 10.8. The van der Waals surface area contributed by atoms with E-state index >= 15 is 0 Å². The van der Waals surface area contributed by atoms with Gasteiger partial charge in [0.15, 0.2) is 0 Å². The highest BCUT2D eigenvalue weighted by molar-refractivity contribution is 5.85. The molecule has 118 valence electrons. The van der Waals surface area contributed by atoms with Crippen molar-refractivity contribution < 1.29 is 14.1 Å². The number of hydrogen-bond acceptors (Lipinski definition) is 4. The molecule has 1 rings (SSSR count). The molecule has 0 aliphatic heterocycles. The zero-order valence-corrected chi connectivity index (χ0v) is 13.5. The first-order chi connectivity index (χ1) is 9.85. The fourth-order valence-corrected chi connectivity index (χ4v) is 2.17. The number of amides is 2. The fourth-order valence-electron chi connectivity index (χ4n) is 2.17. The van der Waals surface area contributed by atoms with E-state index in [0.29, 0.717) is 19.4 Å². The Morgan fingerprint density at radius 2 is 2.00 bits per heavy atom. The Labute approximate surface area is 125 Å². The van der Waals surface area contributed by atoms with Crippen LogP contribution in [0.2, 0.25) is 0 Å². The maximum Gasteiger partial charge on any atom is 0.239 e. The average molecular weight is 295 g/mol. The minimum absolute atomic E-state index is 0.0311. The fraction of sp³-hybridized carbons (Fsp3) is 0.667. The lowest BCUT2D eigenvalue weighted by atomic mass is 10.1. The molecule has 0 unspecified atom stereocenters. The van der Waals surface area contributed by atoms with Crippen molar-refractivity contribution in [2.75, 3.05) is 13.1 Å². The topological polar surface area (TPSA) is 75.4 Å². The first-order valence-electron chi connectivity index (χ1n) is 7.34. The third-order valence-electron chi connectivity index (χ3n) is 3.29. The van der Waals surface area contributed by atoms with Crippen molar-refractivity contribution >= 4 is 11.8 Å². The van der Waals surface area contributed by atoms with E-state index in [9.17, 15) is 9.59 Å². The van der Waals surface area contributed by atoms with Gasteiger partial charge in [-0.25, -0.2) is 0 Å². The van der Waals surface area contributed by atoms with Crippen LogP contribution in [0.15, 0.2) is 4.52 Å². The molecule has 2 amide bonds. The quantitative estimate of drug-likeness (QED) is 0.829. The number of nitrogens with zero attached hydrogens (tertiary/aromatic N) is 2. The van der Waals surface area contributed by atoms with Gasteiger partial charge in [-0.1, -0.05) is 5.16 Å². The van der Waals surface area contributed by atoms with Gasteiger partial charge in [0.2, 0.25) is 11.8 Å². The number of nitrogens with one attached hydrogen (secondary N) is 1. The number of carbonyl (C=O) groups excluding carboxylic acids is 2. The number of likely N-dealkylation sites (N-methyl/N-ethyl adjacent to an activating group) is 1. The molecule has 0 spiro atoms. The SMILES string of the molecule is CCN(CC(=O)NC(C)C)C(=O)CCc1c(C)noc1C. The van der Waals surface area contributed by atoms with E-state index in [4.69, 9.17) is 4.52 Å². The Morgan fingerprint density at radius 1 is 1.33 bits per heavy atom. The van der Waals surface area contributed by atoms with Crippen molar-refractivity contribution in [3.05, 3.63) is 17.0 Å². The van der Waals surface area contributed by atoms with Crippen LogP contribution < -0.4 is 5.32 Å². The van der Waals surface area contributed by atoms with Gasteiger partial charge in [0.1, 0.15) is 5.76 Å². The number of hydrogen-bond donors (Lipinski definition) is 1. The second-order valence-corrected chi connectivity index (χ2v) is 5.43. The molecule has 1 aromatic heterocycles. The molecule has 6 heteroatoms. The first-order valence-corrected chi connectivity index (χ1v) is 7.34. The summed E-state index contributed by atoms with van der Waals surface area (Å²) in [5, 5.41) is 6.67. The molecule has 1 heterocycles. The maximum absolute atomic E-state index is 12.2. The molecule has 0 fully saturated rings. The summed E-state index contributed by atoms with van der Waals surface area (Å²) < 4.78 is 5.08. The predicted octanol–water partition coefficient (Wildman–Crippen LogP) is 1.60. The molecule has 21 heavy (non-hydrogen) atoms. The van der Waals surface area contributed by atoms with Gasteiger partial charge in [-0.05, 0) is 41.0 Å². The zero-order valence-electron chi connectivity index (χ0n) is 13.5. The summed E-state index contributed by atoms with van der Waals surface area (Å²) >= 11 is 0. The van der Waals surface area contributed by atoms with Gasteiger partial charge in [0.25, 0.3) is 0 Å². The van der Waals surface area contributed by atoms with Crippen LogP contribution in [0.3, 0.4) is 0 Å². The molecule has 0 bridgehead atoms. The molecule has 0 aromatic carbocycles. The Kier molecular flexibility index (Phi) is 6.39. The molecule has 0 radical (unpaired) electrons. The molecule has 0 aliphatic carbocycles. The van der Waals surface area contributed by atoms with Crippen LogP contribution in [0.25, 0.3) is 0 Å². The molecular formula is C15H25N3O3. The number of aromatic nitrogens is 1. The standard InChI is InChI=1S/C15H25N3O3/c1-6-18(9-14(19)16-10(2)3)15(20)8-7-13-11(4)17-21-12(13)5/h10H,6-9H2,1-5H3,(H,16,19). The van der Waals surface area contributed by atoms with Crippen molar-refractivity contribution in [2.24, 2.45) is 0 Å². The minimum Gasteiger partial charge on any atom is -0.361 e. The van der Waals surface area contributed by atoms with E-state index in [0.717, 1.165) is 17.0 Å². The van der Waals surface area contributed by atoms with Crippen LogP contribution in [0.4, 0.5) is 0 Å². The third-order valence-corrected chi connectivity index (χ3v) is 3.29. The summed E-state index contributed by atoms with van der Waals surface area (Å²) in [6.07, 6.45) is 0.938. The zero-order chi connectivity index (χ0) is 16.0. The second kappa shape index (κ2) is 7.81. The van der Waals surface area contributed by atoms with Gasteiger partial charge in [-0.2, -0.15) is 0 Å². The van der Waals surface area contributed by atoms with Crippen molar-refractivity contribution in [1.29, 1.82) is 0 Å². The highest BCUT2D eigenvalue weighted by atomic mass is 16.5. The monoisotopic (exact) mass is 295 g/mol. The first kappa shape index (κ1) is 17.2. The van der Waals surface area contributed by atoms with Gasteiger partial charge < -0.3 is 14.7 Å². The molecule has 0 atom stereocenters. The van der Waals surface area contributed by atoms with Gasteiger partial charge in [0, 0.05) is 24.6 Å². The summed E-state index contributed by atoms with van der Waals surface area (Å²) in [5.41, 5.74) is 1.80. The lowest BCUT2D eigenvalue weighted by Crippen LogP contribution is -2.42. The third kappa shape index (κ3) is 5.21. The molecule has 0 saturated heterocycles. The smallest absolute Gasteiger partial charge is 0.239 e. The summed E-state index contributed by atoms with van der Waals surface area (Å²) in [5.74, 6) is 0.592. The minimum atomic E-state index is -0.127. The Balaban J connectivity index is 2.54. The van der Waals surface area contributed by atoms with E-state index in [2.05, 4.69) is 10.5 Å². The molecular weight excluding hydrogens is 270 g/mol. The molecule has 0 saturated carbocycles. The summed E-state index contributed by atoms with van der Waals surface area (Å²) in [7, 11) is 0. The summed E-state index contributed by atoms with van der Waals surface area (Å²) in [6, 6.07) is 0.0774. The average Bonchev–Trinajstić information content (AvgIpc) is 2.72. The predicted molar refractivity (Wildman–Crippen MR) is 79.8 cm³/mol. The maximum atomic E-state index is 12.2. The van der Waals surface area contributed by atoms with E-state index < -0.39 is 0 Å². The number of rotatable bonds is 7. The lowest BCUT2D eigenvalue weighted by molar-refractivity contribution is -0.136. The largest absolute Gasteiger partial charge is 0.361 e. The van der Waals surface area contributed by atoms with E-state index in [-0.39, 0.29) is 24.4 Å². The van der Waals surface area contributed by atoms with Crippen molar-refractivity contribution in [2.45, 2.75) is 53.5 Å². The molecule has 1 aromatic rings. The van der Waals surface area contributed by atoms with Crippen LogP contribution in [-0.2, 0) is 16.0 Å². The van der Waals surface area contributed by atoms with E-state index in [1.54, 1.807) is 4.90 Å². The number of carbonyl (C=O) groups is 2. The lowest BCUT2D eigenvalue weighted by Gasteiger charge is -2.21. The second-order valence-electron chi connectivity index (χ2n) is 5.43. The molecule has 0 aliphatic rings. The highest BCUT2D eigenvalue weighted by Gasteiger charge is 2.17. The van der Waals surface area contributed by atoms with E-state index in [1.807, 2.05) is 34.6 Å². The summed E-state index contributed by atoms with van der Waals surface area (Å²) in [6.45, 7) is 10.00. The van der Waals surface area contributed by atoms with Crippen LogP contribution in [-0.4, -0.2) is 41.0 Å². The van der Waals surface area contributed by atoms with Crippen LogP contribution >= 0.6 is 0 Å². The van der Waals surface area contributed by atoms with Gasteiger partial charge >= 0.3 is 0 Å². The Morgan fingerprint density at radius 3 is 2.48 bits per heavy atom. The van der Waals surface area contributed by atoms with Gasteiger partial charge in [-0.3, -0.25) is 9.59 Å². The van der Waals surface area contributed by atoms with Crippen molar-refractivity contribution in [3.63, 3.8) is 0 Å². The van der Waals surface area contributed by atoms with Crippen LogP contribution in [0.5, 0.6) is 0 Å². The van der Waals surface area contributed by atoms with Crippen LogP contribution in [0.1, 0.15) is 44.2 Å². The molecule has 1 N–H and O–H groups in total. The van der Waals surface area contributed by atoms with Crippen molar-refractivity contribution in [3.8, 4) is 0 Å².